The minimum atomic E-state index is 0.990. The quantitative estimate of drug-likeness (QED) is 0.362. The van der Waals surface area contributed by atoms with Crippen molar-refractivity contribution < 1.29 is 13.4 Å². The van der Waals surface area contributed by atoms with Crippen molar-refractivity contribution in [1.29, 1.82) is 0 Å². The Morgan fingerprint density at radius 3 is 2.08 bits per heavy atom. The van der Waals surface area contributed by atoms with Crippen LogP contribution in [0, 0.1) is 0 Å². The van der Waals surface area contributed by atoms with Crippen molar-refractivity contribution in [1.82, 2.24) is 0 Å². The predicted molar refractivity (Wildman–Crippen MR) is 112 cm³/mol. The van der Waals surface area contributed by atoms with E-state index in [-0.39, 0.29) is 0 Å². The molecule has 3 heteroatoms. The summed E-state index contributed by atoms with van der Waals surface area (Å²) in [5, 5.41) is 1.22. The third-order valence-corrected chi connectivity index (χ3v) is 6.62. The van der Waals surface area contributed by atoms with Gasteiger partial charge in [-0.25, -0.2) is 0 Å². The number of para-hydroxylation sites is 1. The van der Waals surface area contributed by atoms with E-state index in [9.17, 15) is 0 Å². The van der Waals surface area contributed by atoms with Crippen LogP contribution in [-0.4, -0.2) is 55.3 Å². The van der Waals surface area contributed by atoms with E-state index in [1.807, 2.05) is 6.07 Å². The van der Waals surface area contributed by atoms with E-state index in [1.54, 1.807) is 0 Å². The third-order valence-electron chi connectivity index (χ3n) is 6.62. The Hall–Kier alpha value is -1.32. The van der Waals surface area contributed by atoms with Gasteiger partial charge in [-0.3, -0.25) is 0 Å². The standard InChI is InChI=1S/C23H40N2O/c1-6-24(5,17-13-10-14-18-25(7-2,8-3)9-4)20-22-19-21-15-11-12-16-23(21)26-22/h11-12,15-16,19H,6-10,13-14,17-18,20H2,1-5H3/q+2. The van der Waals surface area contributed by atoms with E-state index in [4.69, 9.17) is 4.42 Å². The normalized spacial score (nSPS) is 14.7. The summed E-state index contributed by atoms with van der Waals surface area (Å²) in [6.07, 6.45) is 4.00. The second-order valence-electron chi connectivity index (χ2n) is 8.14. The molecule has 3 nitrogen and oxygen atoms in total. The fourth-order valence-electron chi connectivity index (χ4n) is 4.10. The average molecular weight is 361 g/mol. The van der Waals surface area contributed by atoms with Gasteiger partial charge in [0.1, 0.15) is 12.1 Å². The summed E-state index contributed by atoms with van der Waals surface area (Å²) in [7, 11) is 2.37. The molecule has 146 valence electrons. The number of rotatable bonds is 12. The zero-order valence-corrected chi connectivity index (χ0v) is 17.8. The highest BCUT2D eigenvalue weighted by Gasteiger charge is 2.23. The van der Waals surface area contributed by atoms with Crippen molar-refractivity contribution >= 4 is 11.0 Å². The van der Waals surface area contributed by atoms with Crippen molar-refractivity contribution in [2.24, 2.45) is 0 Å². The van der Waals surface area contributed by atoms with Crippen molar-refractivity contribution in [2.45, 2.75) is 53.5 Å². The molecule has 0 aliphatic heterocycles. The van der Waals surface area contributed by atoms with E-state index < -0.39 is 0 Å². The zero-order chi connectivity index (χ0) is 19.0. The van der Waals surface area contributed by atoms with Crippen LogP contribution in [0.1, 0.15) is 52.7 Å². The molecule has 0 spiro atoms. The van der Waals surface area contributed by atoms with E-state index >= 15 is 0 Å². The fourth-order valence-corrected chi connectivity index (χ4v) is 4.10. The van der Waals surface area contributed by atoms with Crippen LogP contribution in [0.5, 0.6) is 0 Å². The highest BCUT2D eigenvalue weighted by atomic mass is 16.3. The van der Waals surface area contributed by atoms with Gasteiger partial charge in [-0.1, -0.05) is 18.2 Å². The number of furan rings is 1. The molecule has 1 aromatic heterocycles. The number of nitrogens with zero attached hydrogens (tertiary/aromatic N) is 2. The molecular formula is C23H40N2O+2. The van der Waals surface area contributed by atoms with Crippen molar-refractivity contribution in [3.05, 3.63) is 36.1 Å². The lowest BCUT2D eigenvalue weighted by Crippen LogP contribution is -2.48. The number of quaternary nitrogens is 2. The van der Waals surface area contributed by atoms with E-state index in [0.29, 0.717) is 0 Å². The molecular weight excluding hydrogens is 320 g/mol. The first kappa shape index (κ1) is 21.0. The molecule has 2 rings (SSSR count). The van der Waals surface area contributed by atoms with Gasteiger partial charge < -0.3 is 13.4 Å². The molecule has 0 amide bonds. The van der Waals surface area contributed by atoms with Crippen LogP contribution in [0.15, 0.2) is 34.7 Å². The number of fused-ring (bicyclic) bond motifs is 1. The number of benzene rings is 1. The van der Waals surface area contributed by atoms with Crippen LogP contribution in [0.3, 0.4) is 0 Å². The Kier molecular flexibility index (Phi) is 7.72. The molecule has 0 radical (unpaired) electrons. The van der Waals surface area contributed by atoms with Crippen LogP contribution < -0.4 is 0 Å². The Balaban J connectivity index is 1.83. The first-order valence-electron chi connectivity index (χ1n) is 10.7. The minimum absolute atomic E-state index is 0.990. The number of hydrogen-bond donors (Lipinski definition) is 0. The van der Waals surface area contributed by atoms with Crippen LogP contribution >= 0.6 is 0 Å². The molecule has 1 heterocycles. The molecule has 2 aromatic rings. The van der Waals surface area contributed by atoms with Gasteiger partial charge in [-0.15, -0.1) is 0 Å². The van der Waals surface area contributed by atoms with Crippen molar-refractivity contribution in [2.75, 3.05) is 46.3 Å². The smallest absolute Gasteiger partial charge is 0.159 e. The minimum Gasteiger partial charge on any atom is -0.455 e. The van der Waals surface area contributed by atoms with Gasteiger partial charge in [0, 0.05) is 5.39 Å². The molecule has 0 fully saturated rings. The van der Waals surface area contributed by atoms with Crippen molar-refractivity contribution in [3.8, 4) is 0 Å². The highest BCUT2D eigenvalue weighted by molar-refractivity contribution is 5.77. The average Bonchev–Trinajstić information content (AvgIpc) is 3.07. The van der Waals surface area contributed by atoms with Gasteiger partial charge in [0.15, 0.2) is 5.76 Å². The first-order chi connectivity index (χ1) is 12.5. The molecule has 1 unspecified atom stereocenters. The molecule has 0 bridgehead atoms. The maximum absolute atomic E-state index is 6.06. The summed E-state index contributed by atoms with van der Waals surface area (Å²) in [5.41, 5.74) is 1.01. The maximum Gasteiger partial charge on any atom is 0.159 e. The molecule has 0 N–H and O–H groups in total. The second-order valence-corrected chi connectivity index (χ2v) is 8.14. The summed E-state index contributed by atoms with van der Waals surface area (Å²) < 4.78 is 8.40. The predicted octanol–water partition coefficient (Wildman–Crippen LogP) is 5.45. The monoisotopic (exact) mass is 360 g/mol. The topological polar surface area (TPSA) is 13.1 Å². The lowest BCUT2D eigenvalue weighted by molar-refractivity contribution is -0.924. The van der Waals surface area contributed by atoms with E-state index in [1.165, 1.54) is 61.9 Å². The Morgan fingerprint density at radius 2 is 1.46 bits per heavy atom. The lowest BCUT2D eigenvalue weighted by atomic mass is 10.1. The first-order valence-corrected chi connectivity index (χ1v) is 10.7. The lowest BCUT2D eigenvalue weighted by Gasteiger charge is -2.36. The van der Waals surface area contributed by atoms with Gasteiger partial charge >= 0.3 is 0 Å². The summed E-state index contributed by atoms with van der Waals surface area (Å²) in [6.45, 7) is 17.8. The van der Waals surface area contributed by atoms with Crippen LogP contribution in [0.25, 0.3) is 11.0 Å². The second kappa shape index (κ2) is 9.57. The fraction of sp³-hybridized carbons (Fsp3) is 0.652. The third kappa shape index (κ3) is 5.34. The molecule has 26 heavy (non-hydrogen) atoms. The van der Waals surface area contributed by atoms with Crippen LogP contribution in [0.2, 0.25) is 0 Å². The Bertz CT molecular complexity index is 618. The molecule has 1 aromatic carbocycles. The summed E-state index contributed by atoms with van der Waals surface area (Å²) in [4.78, 5) is 0. The van der Waals surface area contributed by atoms with Gasteiger partial charge in [-0.05, 0) is 59.1 Å². The van der Waals surface area contributed by atoms with Gasteiger partial charge in [0.2, 0.25) is 0 Å². The highest BCUT2D eigenvalue weighted by Crippen LogP contribution is 2.22. The van der Waals surface area contributed by atoms with Gasteiger partial charge in [0.05, 0.1) is 46.3 Å². The molecule has 1 atom stereocenters. The van der Waals surface area contributed by atoms with Crippen LogP contribution in [-0.2, 0) is 6.54 Å². The van der Waals surface area contributed by atoms with E-state index in [0.717, 1.165) is 28.9 Å². The largest absolute Gasteiger partial charge is 0.455 e. The SMILES string of the molecule is CC[N+](C)(CCCCC[N+](CC)(CC)CC)Cc1cc2ccccc2o1. The Labute approximate surface area is 160 Å². The molecule has 0 saturated heterocycles. The number of hydrogen-bond acceptors (Lipinski definition) is 1. The molecule has 0 aliphatic rings. The van der Waals surface area contributed by atoms with Crippen molar-refractivity contribution in [3.63, 3.8) is 0 Å². The van der Waals surface area contributed by atoms with Gasteiger partial charge in [0.25, 0.3) is 0 Å². The molecule has 0 saturated carbocycles. The summed E-state index contributed by atoms with van der Waals surface area (Å²) >= 11 is 0. The summed E-state index contributed by atoms with van der Waals surface area (Å²) in [5.74, 6) is 1.12. The summed E-state index contributed by atoms with van der Waals surface area (Å²) in [6, 6.07) is 10.5. The zero-order valence-electron chi connectivity index (χ0n) is 17.8. The molecule has 0 aliphatic carbocycles. The van der Waals surface area contributed by atoms with Crippen LogP contribution in [0.4, 0.5) is 0 Å². The van der Waals surface area contributed by atoms with E-state index in [2.05, 4.69) is 59.0 Å². The Morgan fingerprint density at radius 1 is 0.808 bits per heavy atom. The van der Waals surface area contributed by atoms with Gasteiger partial charge in [-0.2, -0.15) is 0 Å². The maximum atomic E-state index is 6.06. The number of unbranched alkanes of at least 4 members (excludes halogenated alkanes) is 2.